The van der Waals surface area contributed by atoms with Gasteiger partial charge in [0.1, 0.15) is 6.11 Å². The highest BCUT2D eigenvalue weighted by molar-refractivity contribution is 4.91. The van der Waals surface area contributed by atoms with Crippen molar-refractivity contribution >= 4 is 0 Å². The average Bonchev–Trinajstić information content (AvgIpc) is 1.61. The Hall–Kier alpha value is -0.680. The lowest BCUT2D eigenvalue weighted by Gasteiger charge is -1.72. The van der Waals surface area contributed by atoms with E-state index in [2.05, 4.69) is 16.8 Å². The van der Waals surface area contributed by atoms with E-state index < -0.39 is 0 Å². The second-order valence-electron chi connectivity index (χ2n) is 0.687. The molecule has 0 aromatic carbocycles. The fraction of sp³-hybridized carbons (Fsp3) is 0.500. The molecule has 0 heterocycles. The Bertz CT molecular complexity index is 61.4. The van der Waals surface area contributed by atoms with Crippen LogP contribution in [-0.2, 0) is 4.74 Å². The summed E-state index contributed by atoms with van der Waals surface area (Å²) in [5.74, 6) is 2.50. The van der Waals surface area contributed by atoms with Gasteiger partial charge in [0.25, 0.3) is 0 Å². The number of hydrogen-bond acceptors (Lipinski definition) is 2. The van der Waals surface area contributed by atoms with E-state index in [-0.39, 0.29) is 0 Å². The van der Waals surface area contributed by atoms with Gasteiger partial charge in [0.2, 0.25) is 0 Å². The molecule has 0 aliphatic carbocycles. The van der Waals surface area contributed by atoms with Crippen LogP contribution >= 0.6 is 0 Å². The first-order valence-corrected chi connectivity index (χ1v) is 1.62. The van der Waals surface area contributed by atoms with Crippen LogP contribution in [0.25, 0.3) is 0 Å². The molecule has 0 fully saturated rings. The third-order valence-corrected chi connectivity index (χ3v) is 0.276. The monoisotopic (exact) mass is 85.1 g/mol. The molecule has 0 bridgehead atoms. The quantitative estimate of drug-likeness (QED) is 0.404. The van der Waals surface area contributed by atoms with Gasteiger partial charge in [-0.3, -0.25) is 0 Å². The first-order valence-electron chi connectivity index (χ1n) is 1.62. The fourth-order valence-corrected chi connectivity index (χ4v) is 0.114. The summed E-state index contributed by atoms with van der Waals surface area (Å²) in [4.78, 5) is 0. The third-order valence-electron chi connectivity index (χ3n) is 0.276. The van der Waals surface area contributed by atoms with E-state index in [0.29, 0.717) is 6.54 Å². The second kappa shape index (κ2) is 4.32. The molecule has 34 valence electrons. The summed E-state index contributed by atoms with van der Waals surface area (Å²) in [7, 11) is 1.50. The Morgan fingerprint density at radius 2 is 2.50 bits per heavy atom. The first-order chi connectivity index (χ1) is 2.91. The van der Waals surface area contributed by atoms with E-state index in [0.717, 1.165) is 0 Å². The summed E-state index contributed by atoms with van der Waals surface area (Å²) in [6.45, 7) is 0.369. The molecule has 0 atom stereocenters. The Kier molecular flexibility index (Phi) is 3.83. The van der Waals surface area contributed by atoms with E-state index in [9.17, 15) is 0 Å². The van der Waals surface area contributed by atoms with Crippen LogP contribution in [0.3, 0.4) is 0 Å². The third kappa shape index (κ3) is 3.32. The van der Waals surface area contributed by atoms with Gasteiger partial charge in [-0.2, -0.15) is 0 Å². The number of hydrogen-bond donors (Lipinski definition) is 1. The minimum Gasteiger partial charge on any atom is -0.450 e. The van der Waals surface area contributed by atoms with Crippen LogP contribution in [0.15, 0.2) is 0 Å². The normalized spacial score (nSPS) is 5.67. The number of ether oxygens (including phenoxy) is 1. The Morgan fingerprint density at radius 3 is 2.67 bits per heavy atom. The maximum atomic E-state index is 4.96. The highest BCUT2D eigenvalue weighted by Gasteiger charge is 1.54. The molecule has 0 aromatic heterocycles. The van der Waals surface area contributed by atoms with Gasteiger partial charge in [0, 0.05) is 0 Å². The van der Waals surface area contributed by atoms with E-state index in [1.165, 1.54) is 7.11 Å². The van der Waals surface area contributed by atoms with Gasteiger partial charge in [-0.1, -0.05) is 0 Å². The average molecular weight is 85.1 g/mol. The molecule has 6 heavy (non-hydrogen) atoms. The molecule has 0 radical (unpaired) electrons. The minimum atomic E-state index is 0.369. The Morgan fingerprint density at radius 1 is 1.83 bits per heavy atom. The molecule has 0 aliphatic rings. The lowest BCUT2D eigenvalue weighted by atomic mass is 10.7. The van der Waals surface area contributed by atoms with Crippen LogP contribution in [0.5, 0.6) is 0 Å². The zero-order valence-corrected chi connectivity index (χ0v) is 3.69. The van der Waals surface area contributed by atoms with Crippen molar-refractivity contribution in [3.63, 3.8) is 0 Å². The van der Waals surface area contributed by atoms with Gasteiger partial charge in [-0.05, 0) is 5.92 Å². The molecule has 0 saturated heterocycles. The second-order valence-corrected chi connectivity index (χ2v) is 0.687. The van der Waals surface area contributed by atoms with Crippen molar-refractivity contribution in [3.05, 3.63) is 0 Å². The van der Waals surface area contributed by atoms with Gasteiger partial charge >= 0.3 is 0 Å². The van der Waals surface area contributed by atoms with Crippen LogP contribution in [0.4, 0.5) is 0 Å². The molecule has 0 saturated carbocycles. The SMILES string of the molecule is COC#CCN. The standard InChI is InChI=1S/C4H7NO/c1-6-4-2-3-5/h3,5H2,1H3. The van der Waals surface area contributed by atoms with E-state index in [1.54, 1.807) is 0 Å². The van der Waals surface area contributed by atoms with Gasteiger partial charge in [-0.25, -0.2) is 0 Å². The molecule has 0 aromatic rings. The van der Waals surface area contributed by atoms with Crippen molar-refractivity contribution in [2.24, 2.45) is 5.73 Å². The topological polar surface area (TPSA) is 35.2 Å². The summed E-state index contributed by atoms with van der Waals surface area (Å²) in [5, 5.41) is 0. The van der Waals surface area contributed by atoms with Crippen LogP contribution in [0.1, 0.15) is 0 Å². The molecule has 2 heteroatoms. The summed E-state index contributed by atoms with van der Waals surface area (Å²) in [5.41, 5.74) is 4.96. The van der Waals surface area contributed by atoms with Crippen LogP contribution in [0, 0.1) is 12.0 Å². The van der Waals surface area contributed by atoms with E-state index in [4.69, 9.17) is 5.73 Å². The van der Waals surface area contributed by atoms with Gasteiger partial charge in [0.15, 0.2) is 0 Å². The maximum absolute atomic E-state index is 4.96. The lowest BCUT2D eigenvalue weighted by molar-refractivity contribution is 0.372. The summed E-state index contributed by atoms with van der Waals surface area (Å²) < 4.78 is 4.34. The van der Waals surface area contributed by atoms with Crippen molar-refractivity contribution in [2.75, 3.05) is 13.7 Å². The number of methoxy groups -OCH3 is 1. The molecule has 0 aliphatic heterocycles. The number of nitrogens with two attached hydrogens (primary N) is 1. The fourth-order valence-electron chi connectivity index (χ4n) is 0.114. The zero-order chi connectivity index (χ0) is 4.83. The largest absolute Gasteiger partial charge is 0.450 e. The Labute approximate surface area is 37.3 Å². The van der Waals surface area contributed by atoms with Crippen molar-refractivity contribution in [3.8, 4) is 12.0 Å². The highest BCUT2D eigenvalue weighted by atomic mass is 16.5. The smallest absolute Gasteiger partial charge is 0.111 e. The molecular weight excluding hydrogens is 78.0 g/mol. The first kappa shape index (κ1) is 5.32. The summed E-state index contributed by atoms with van der Waals surface area (Å²) in [6.07, 6.45) is 2.32. The van der Waals surface area contributed by atoms with Crippen LogP contribution < -0.4 is 5.73 Å². The predicted octanol–water partition coefficient (Wildman–Crippen LogP) is -0.448. The summed E-state index contributed by atoms with van der Waals surface area (Å²) in [6, 6.07) is 0. The summed E-state index contributed by atoms with van der Waals surface area (Å²) >= 11 is 0. The number of rotatable bonds is 0. The maximum Gasteiger partial charge on any atom is 0.111 e. The van der Waals surface area contributed by atoms with Crippen LogP contribution in [-0.4, -0.2) is 13.7 Å². The molecule has 0 rings (SSSR count). The molecule has 0 amide bonds. The van der Waals surface area contributed by atoms with Crippen molar-refractivity contribution in [1.82, 2.24) is 0 Å². The predicted molar refractivity (Wildman–Crippen MR) is 23.8 cm³/mol. The van der Waals surface area contributed by atoms with Crippen molar-refractivity contribution in [2.45, 2.75) is 0 Å². The Balaban J connectivity index is 2.90. The van der Waals surface area contributed by atoms with Crippen LogP contribution in [0.2, 0.25) is 0 Å². The van der Waals surface area contributed by atoms with Gasteiger partial charge in [-0.15, -0.1) is 0 Å². The molecule has 2 N–H and O–H groups in total. The molecule has 0 spiro atoms. The van der Waals surface area contributed by atoms with Gasteiger partial charge in [0.05, 0.1) is 13.7 Å². The van der Waals surface area contributed by atoms with Gasteiger partial charge < -0.3 is 10.5 Å². The molecular formula is C4H7NO. The lowest BCUT2D eigenvalue weighted by Crippen LogP contribution is -1.92. The molecule has 0 unspecified atom stereocenters. The highest BCUT2D eigenvalue weighted by Crippen LogP contribution is 1.50. The zero-order valence-electron chi connectivity index (χ0n) is 3.69. The minimum absolute atomic E-state index is 0.369. The molecule has 2 nitrogen and oxygen atoms in total. The van der Waals surface area contributed by atoms with Crippen molar-refractivity contribution < 1.29 is 4.74 Å². The van der Waals surface area contributed by atoms with E-state index in [1.807, 2.05) is 0 Å². The van der Waals surface area contributed by atoms with Crippen molar-refractivity contribution in [1.29, 1.82) is 0 Å². The van der Waals surface area contributed by atoms with E-state index >= 15 is 0 Å².